The van der Waals surface area contributed by atoms with E-state index in [1.807, 2.05) is 45.9 Å². The van der Waals surface area contributed by atoms with Crippen molar-refractivity contribution in [3.63, 3.8) is 0 Å². The average molecular weight is 320 g/mol. The third kappa shape index (κ3) is 4.61. The van der Waals surface area contributed by atoms with Crippen molar-refractivity contribution in [1.29, 1.82) is 0 Å². The summed E-state index contributed by atoms with van der Waals surface area (Å²) >= 11 is 0. The van der Waals surface area contributed by atoms with Crippen LogP contribution in [0.4, 0.5) is 4.79 Å². The Hall–Kier alpha value is -1.75. The largest absolute Gasteiger partial charge is 0.486 e. The van der Waals surface area contributed by atoms with E-state index < -0.39 is 11.7 Å². The van der Waals surface area contributed by atoms with E-state index in [4.69, 9.17) is 9.47 Å². The van der Waals surface area contributed by atoms with Gasteiger partial charge in [-0.15, -0.1) is 0 Å². The van der Waals surface area contributed by atoms with Crippen molar-refractivity contribution in [2.24, 2.45) is 0 Å². The molecule has 0 aliphatic carbocycles. The molecule has 1 aromatic carbocycles. The van der Waals surface area contributed by atoms with Gasteiger partial charge in [0.05, 0.1) is 6.04 Å². The minimum Gasteiger partial charge on any atom is -0.486 e. The van der Waals surface area contributed by atoms with Crippen molar-refractivity contribution in [3.8, 4) is 5.75 Å². The first-order valence-electron chi connectivity index (χ1n) is 8.09. The lowest BCUT2D eigenvalue weighted by atomic mass is 9.94. The second-order valence-corrected chi connectivity index (χ2v) is 7.63. The number of carbonyl (C=O) groups is 1. The van der Waals surface area contributed by atoms with Gasteiger partial charge in [-0.25, -0.2) is 4.79 Å². The summed E-state index contributed by atoms with van der Waals surface area (Å²) in [5, 5.41) is 6.35. The lowest BCUT2D eigenvalue weighted by Gasteiger charge is -2.29. The first kappa shape index (κ1) is 17.6. The first-order chi connectivity index (χ1) is 10.6. The Bertz CT molecular complexity index is 564. The summed E-state index contributed by atoms with van der Waals surface area (Å²) in [5.41, 5.74) is 0.342. The third-order valence-corrected chi connectivity index (χ3v) is 3.69. The maximum atomic E-state index is 11.8. The minimum atomic E-state index is -0.489. The number of ether oxygens (including phenoxy) is 2. The lowest BCUT2D eigenvalue weighted by Crippen LogP contribution is -2.46. The molecule has 2 rings (SSSR count). The Morgan fingerprint density at radius 2 is 2.00 bits per heavy atom. The molecular weight excluding hydrogens is 292 g/mol. The quantitative estimate of drug-likeness (QED) is 0.892. The van der Waals surface area contributed by atoms with Crippen LogP contribution in [-0.2, 0) is 4.74 Å². The van der Waals surface area contributed by atoms with Crippen molar-refractivity contribution < 1.29 is 14.3 Å². The molecule has 0 saturated carbocycles. The SMILES string of the molecule is CC(CNC1c2ccccc2OC1(C)C)NC(=O)OC(C)(C)C. The van der Waals surface area contributed by atoms with Crippen molar-refractivity contribution >= 4 is 6.09 Å². The van der Waals surface area contributed by atoms with E-state index in [1.54, 1.807) is 0 Å². The molecule has 0 saturated heterocycles. The fraction of sp³-hybridized carbons (Fsp3) is 0.611. The average Bonchev–Trinajstić information content (AvgIpc) is 2.63. The molecule has 128 valence electrons. The minimum absolute atomic E-state index is 0.0478. The molecule has 2 atom stereocenters. The molecule has 0 bridgehead atoms. The van der Waals surface area contributed by atoms with Gasteiger partial charge in [0, 0.05) is 18.2 Å². The van der Waals surface area contributed by atoms with Crippen LogP contribution < -0.4 is 15.4 Å². The van der Waals surface area contributed by atoms with Crippen LogP contribution in [0.1, 0.15) is 53.1 Å². The van der Waals surface area contributed by atoms with Crippen LogP contribution in [0.5, 0.6) is 5.75 Å². The summed E-state index contributed by atoms with van der Waals surface area (Å²) in [6.45, 7) is 12.3. The zero-order chi connectivity index (χ0) is 17.3. The number of carbonyl (C=O) groups excluding carboxylic acids is 1. The predicted molar refractivity (Wildman–Crippen MR) is 90.7 cm³/mol. The molecule has 0 spiro atoms. The summed E-state index contributed by atoms with van der Waals surface area (Å²) in [7, 11) is 0. The second kappa shape index (κ2) is 6.40. The highest BCUT2D eigenvalue weighted by Crippen LogP contribution is 2.42. The Kier molecular flexibility index (Phi) is 4.90. The Balaban J connectivity index is 1.91. The number of para-hydroxylation sites is 1. The van der Waals surface area contributed by atoms with Crippen LogP contribution in [0.25, 0.3) is 0 Å². The van der Waals surface area contributed by atoms with E-state index in [9.17, 15) is 4.79 Å². The smallest absolute Gasteiger partial charge is 0.407 e. The second-order valence-electron chi connectivity index (χ2n) is 7.63. The van der Waals surface area contributed by atoms with Crippen LogP contribution in [0.3, 0.4) is 0 Å². The van der Waals surface area contributed by atoms with Gasteiger partial charge < -0.3 is 20.1 Å². The molecule has 2 N–H and O–H groups in total. The van der Waals surface area contributed by atoms with E-state index >= 15 is 0 Å². The summed E-state index contributed by atoms with van der Waals surface area (Å²) < 4.78 is 11.3. The van der Waals surface area contributed by atoms with Crippen LogP contribution in [-0.4, -0.2) is 29.9 Å². The van der Waals surface area contributed by atoms with E-state index in [0.717, 1.165) is 11.3 Å². The van der Waals surface area contributed by atoms with Gasteiger partial charge in [-0.05, 0) is 47.6 Å². The zero-order valence-electron chi connectivity index (χ0n) is 14.9. The van der Waals surface area contributed by atoms with Crippen molar-refractivity contribution in [3.05, 3.63) is 29.8 Å². The molecule has 2 unspecified atom stereocenters. The number of alkyl carbamates (subject to hydrolysis) is 1. The van der Waals surface area contributed by atoms with Crippen molar-refractivity contribution in [2.75, 3.05) is 6.54 Å². The van der Waals surface area contributed by atoms with Gasteiger partial charge in [-0.2, -0.15) is 0 Å². The first-order valence-corrected chi connectivity index (χ1v) is 8.09. The summed E-state index contributed by atoms with van der Waals surface area (Å²) in [5.74, 6) is 0.919. The Morgan fingerprint density at radius 1 is 1.35 bits per heavy atom. The maximum absolute atomic E-state index is 11.8. The highest BCUT2D eigenvalue weighted by molar-refractivity contribution is 5.68. The molecule has 1 amide bonds. The third-order valence-electron chi connectivity index (χ3n) is 3.69. The molecular formula is C18H28N2O3. The molecule has 1 heterocycles. The topological polar surface area (TPSA) is 59.6 Å². The highest BCUT2D eigenvalue weighted by atomic mass is 16.6. The van der Waals surface area contributed by atoms with Crippen molar-refractivity contribution in [1.82, 2.24) is 10.6 Å². The predicted octanol–water partition coefficient (Wildman–Crippen LogP) is 3.40. The van der Waals surface area contributed by atoms with E-state index in [0.29, 0.717) is 6.54 Å². The van der Waals surface area contributed by atoms with Crippen LogP contribution in [0.2, 0.25) is 0 Å². The van der Waals surface area contributed by atoms with Gasteiger partial charge >= 0.3 is 6.09 Å². The normalized spacial score (nSPS) is 20.3. The molecule has 1 aliphatic heterocycles. The molecule has 23 heavy (non-hydrogen) atoms. The van der Waals surface area contributed by atoms with Crippen LogP contribution >= 0.6 is 0 Å². The molecule has 0 radical (unpaired) electrons. The van der Waals surface area contributed by atoms with Gasteiger partial charge in [0.1, 0.15) is 17.0 Å². The number of rotatable bonds is 4. The number of amides is 1. The maximum Gasteiger partial charge on any atom is 0.407 e. The number of hydrogen-bond donors (Lipinski definition) is 2. The van der Waals surface area contributed by atoms with E-state index in [-0.39, 0.29) is 17.7 Å². The highest BCUT2D eigenvalue weighted by Gasteiger charge is 2.40. The summed E-state index contributed by atoms with van der Waals surface area (Å²) in [6, 6.07) is 8.09. The standard InChI is InChI=1S/C18H28N2O3/c1-12(20-16(21)23-17(2,3)4)11-19-15-13-9-7-8-10-14(13)22-18(15,5)6/h7-10,12,15,19H,11H2,1-6H3,(H,20,21). The molecule has 5 nitrogen and oxygen atoms in total. The van der Waals surface area contributed by atoms with E-state index in [2.05, 4.69) is 30.5 Å². The zero-order valence-corrected chi connectivity index (χ0v) is 14.9. The van der Waals surface area contributed by atoms with Gasteiger partial charge in [-0.3, -0.25) is 0 Å². The molecule has 0 fully saturated rings. The lowest BCUT2D eigenvalue weighted by molar-refractivity contribution is 0.0504. The summed E-state index contributed by atoms with van der Waals surface area (Å²) in [6.07, 6.45) is -0.394. The number of hydrogen-bond acceptors (Lipinski definition) is 4. The Labute approximate surface area is 138 Å². The molecule has 1 aromatic rings. The molecule has 1 aliphatic rings. The number of benzene rings is 1. The number of nitrogens with one attached hydrogen (secondary N) is 2. The van der Waals surface area contributed by atoms with Gasteiger partial charge in [0.15, 0.2) is 0 Å². The molecule has 0 aromatic heterocycles. The van der Waals surface area contributed by atoms with Gasteiger partial charge in [0.2, 0.25) is 0 Å². The monoisotopic (exact) mass is 320 g/mol. The Morgan fingerprint density at radius 3 is 2.65 bits per heavy atom. The van der Waals surface area contributed by atoms with Gasteiger partial charge in [-0.1, -0.05) is 18.2 Å². The fourth-order valence-electron chi connectivity index (χ4n) is 2.74. The fourth-order valence-corrected chi connectivity index (χ4v) is 2.74. The number of fused-ring (bicyclic) bond motifs is 1. The van der Waals surface area contributed by atoms with Crippen LogP contribution in [0.15, 0.2) is 24.3 Å². The van der Waals surface area contributed by atoms with Crippen molar-refractivity contribution in [2.45, 2.75) is 64.8 Å². The van der Waals surface area contributed by atoms with E-state index in [1.165, 1.54) is 0 Å². The van der Waals surface area contributed by atoms with Gasteiger partial charge in [0.25, 0.3) is 0 Å². The summed E-state index contributed by atoms with van der Waals surface area (Å²) in [4.78, 5) is 11.8. The molecule has 5 heteroatoms. The van der Waals surface area contributed by atoms with Crippen LogP contribution in [0, 0.1) is 0 Å².